The van der Waals surface area contributed by atoms with Crippen LogP contribution in [0.2, 0.25) is 0 Å². The topological polar surface area (TPSA) is 60.4 Å². The van der Waals surface area contributed by atoms with Crippen molar-refractivity contribution < 1.29 is 17.9 Å². The summed E-state index contributed by atoms with van der Waals surface area (Å²) >= 11 is 0. The molecule has 1 aliphatic rings. The molecule has 70 valence electrons. The lowest BCUT2D eigenvalue weighted by atomic mass is 10.1. The van der Waals surface area contributed by atoms with Crippen LogP contribution in [0, 0.1) is 5.41 Å². The van der Waals surface area contributed by atoms with Gasteiger partial charge >= 0.3 is 5.97 Å². The zero-order valence-corrected chi connectivity index (χ0v) is 7.98. The lowest BCUT2D eigenvalue weighted by molar-refractivity contribution is -0.146. The van der Waals surface area contributed by atoms with Crippen LogP contribution < -0.4 is 0 Å². The smallest absolute Gasteiger partial charge is 0.312 e. The van der Waals surface area contributed by atoms with Gasteiger partial charge in [0.25, 0.3) is 0 Å². The van der Waals surface area contributed by atoms with Crippen molar-refractivity contribution in [2.75, 3.05) is 19.1 Å². The van der Waals surface area contributed by atoms with Gasteiger partial charge in [-0.3, -0.25) is 4.79 Å². The van der Waals surface area contributed by atoms with E-state index in [1.54, 1.807) is 0 Å². The fraction of sp³-hybridized carbons (Fsp3) is 0.857. The second-order valence-electron chi connectivity index (χ2n) is 3.34. The Hall–Kier alpha value is -0.580. The second-order valence-corrected chi connectivity index (χ2v) is 5.48. The van der Waals surface area contributed by atoms with Gasteiger partial charge < -0.3 is 4.74 Å². The summed E-state index contributed by atoms with van der Waals surface area (Å²) in [5.74, 6) is -0.472. The molecule has 1 saturated carbocycles. The van der Waals surface area contributed by atoms with Gasteiger partial charge in [0.05, 0.1) is 18.3 Å². The molecule has 0 spiro atoms. The van der Waals surface area contributed by atoms with Gasteiger partial charge in [0.1, 0.15) is 9.84 Å². The van der Waals surface area contributed by atoms with E-state index in [0.717, 1.165) is 6.26 Å². The SMILES string of the molecule is COC(=O)C1(CS(C)(=O)=O)CC1. The Bertz CT molecular complexity index is 287. The minimum absolute atomic E-state index is 0.0767. The maximum Gasteiger partial charge on any atom is 0.312 e. The second kappa shape index (κ2) is 2.73. The number of methoxy groups -OCH3 is 1. The molecule has 1 aliphatic carbocycles. The number of esters is 1. The number of hydrogen-bond acceptors (Lipinski definition) is 4. The van der Waals surface area contributed by atoms with Crippen LogP contribution in [-0.2, 0) is 19.4 Å². The van der Waals surface area contributed by atoms with Crippen molar-refractivity contribution >= 4 is 15.8 Å². The van der Waals surface area contributed by atoms with E-state index in [9.17, 15) is 13.2 Å². The molecule has 0 heterocycles. The van der Waals surface area contributed by atoms with Crippen molar-refractivity contribution in [3.8, 4) is 0 Å². The van der Waals surface area contributed by atoms with Gasteiger partial charge in [-0.2, -0.15) is 0 Å². The van der Waals surface area contributed by atoms with Crippen LogP contribution in [0.5, 0.6) is 0 Å². The first-order valence-corrected chi connectivity index (χ1v) is 5.72. The van der Waals surface area contributed by atoms with E-state index < -0.39 is 21.2 Å². The summed E-state index contributed by atoms with van der Waals surface area (Å²) in [6, 6.07) is 0. The molecule has 0 aromatic carbocycles. The predicted octanol–water partition coefficient (Wildman–Crippen LogP) is -0.0158. The average molecular weight is 192 g/mol. The molecule has 0 aliphatic heterocycles. The number of ether oxygens (including phenoxy) is 1. The monoisotopic (exact) mass is 192 g/mol. The van der Waals surface area contributed by atoms with Crippen molar-refractivity contribution in [1.82, 2.24) is 0 Å². The molecule has 1 rings (SSSR count). The maximum absolute atomic E-state index is 11.1. The summed E-state index contributed by atoms with van der Waals surface area (Å²) in [4.78, 5) is 11.1. The highest BCUT2D eigenvalue weighted by atomic mass is 32.2. The summed E-state index contributed by atoms with van der Waals surface area (Å²) in [6.07, 6.45) is 2.40. The summed E-state index contributed by atoms with van der Waals surface area (Å²) < 4.78 is 26.3. The van der Waals surface area contributed by atoms with E-state index in [0.29, 0.717) is 12.8 Å². The predicted molar refractivity (Wildman–Crippen MR) is 43.4 cm³/mol. The molecule has 0 aromatic rings. The fourth-order valence-corrected chi connectivity index (χ4v) is 2.69. The van der Waals surface area contributed by atoms with Crippen molar-refractivity contribution in [3.63, 3.8) is 0 Å². The van der Waals surface area contributed by atoms with Gasteiger partial charge in [-0.1, -0.05) is 0 Å². The van der Waals surface area contributed by atoms with Crippen LogP contribution in [0.3, 0.4) is 0 Å². The van der Waals surface area contributed by atoms with Gasteiger partial charge in [-0.25, -0.2) is 8.42 Å². The molecular weight excluding hydrogens is 180 g/mol. The Morgan fingerprint density at radius 3 is 2.25 bits per heavy atom. The molecule has 0 aromatic heterocycles. The number of carbonyl (C=O) groups is 1. The van der Waals surface area contributed by atoms with Crippen LogP contribution in [0.1, 0.15) is 12.8 Å². The Morgan fingerprint density at radius 1 is 1.50 bits per heavy atom. The van der Waals surface area contributed by atoms with Crippen LogP contribution in [0.15, 0.2) is 0 Å². The van der Waals surface area contributed by atoms with E-state index in [2.05, 4.69) is 4.74 Å². The number of carbonyl (C=O) groups excluding carboxylic acids is 1. The minimum atomic E-state index is -3.08. The molecule has 1 fully saturated rings. The first-order valence-electron chi connectivity index (χ1n) is 3.66. The first kappa shape index (κ1) is 9.51. The Labute approximate surface area is 71.8 Å². The number of sulfone groups is 1. The van der Waals surface area contributed by atoms with Crippen molar-refractivity contribution in [2.24, 2.45) is 5.41 Å². The molecule has 0 amide bonds. The highest BCUT2D eigenvalue weighted by Crippen LogP contribution is 2.47. The normalized spacial score (nSPS) is 20.2. The highest BCUT2D eigenvalue weighted by molar-refractivity contribution is 7.90. The molecule has 5 heteroatoms. The summed E-state index contributed by atoms with van der Waals surface area (Å²) in [5.41, 5.74) is -0.706. The zero-order chi connectivity index (χ0) is 9.41. The van der Waals surface area contributed by atoms with E-state index in [1.807, 2.05) is 0 Å². The van der Waals surface area contributed by atoms with Gasteiger partial charge in [0.15, 0.2) is 0 Å². The van der Waals surface area contributed by atoms with E-state index in [-0.39, 0.29) is 5.75 Å². The standard InChI is InChI=1S/C7H12O4S/c1-11-6(8)7(3-4-7)5-12(2,9)10/h3-5H2,1-2H3. The lowest BCUT2D eigenvalue weighted by Gasteiger charge is -2.09. The zero-order valence-electron chi connectivity index (χ0n) is 7.16. The molecule has 0 bridgehead atoms. The van der Waals surface area contributed by atoms with Gasteiger partial charge in [-0.05, 0) is 12.8 Å². The third-order valence-corrected chi connectivity index (χ3v) is 3.09. The summed E-state index contributed by atoms with van der Waals surface area (Å²) in [6.45, 7) is 0. The number of hydrogen-bond donors (Lipinski definition) is 0. The lowest BCUT2D eigenvalue weighted by Crippen LogP contribution is -2.25. The van der Waals surface area contributed by atoms with Crippen LogP contribution in [-0.4, -0.2) is 33.5 Å². The third-order valence-electron chi connectivity index (χ3n) is 2.01. The van der Waals surface area contributed by atoms with Crippen LogP contribution >= 0.6 is 0 Å². The summed E-state index contributed by atoms with van der Waals surface area (Å²) in [5, 5.41) is 0. The van der Waals surface area contributed by atoms with E-state index in [4.69, 9.17) is 0 Å². The highest BCUT2D eigenvalue weighted by Gasteiger charge is 2.53. The maximum atomic E-state index is 11.1. The molecule has 12 heavy (non-hydrogen) atoms. The largest absolute Gasteiger partial charge is 0.469 e. The van der Waals surface area contributed by atoms with Crippen LogP contribution in [0.4, 0.5) is 0 Å². The number of rotatable bonds is 3. The molecule has 0 atom stereocenters. The fourth-order valence-electron chi connectivity index (χ4n) is 1.28. The van der Waals surface area contributed by atoms with E-state index in [1.165, 1.54) is 7.11 Å². The molecule has 0 radical (unpaired) electrons. The van der Waals surface area contributed by atoms with Gasteiger partial charge in [-0.15, -0.1) is 0 Å². The average Bonchev–Trinajstić information content (AvgIpc) is 2.64. The van der Waals surface area contributed by atoms with Gasteiger partial charge in [0, 0.05) is 6.26 Å². The van der Waals surface area contributed by atoms with Crippen LogP contribution in [0.25, 0.3) is 0 Å². The third kappa shape index (κ3) is 1.97. The molecule has 0 saturated heterocycles. The Morgan fingerprint density at radius 2 is 2.00 bits per heavy atom. The first-order chi connectivity index (χ1) is 5.40. The van der Waals surface area contributed by atoms with Crippen molar-refractivity contribution in [3.05, 3.63) is 0 Å². The Kier molecular flexibility index (Phi) is 2.16. The summed E-state index contributed by atoms with van der Waals surface area (Å²) in [7, 11) is -1.79. The molecule has 4 nitrogen and oxygen atoms in total. The van der Waals surface area contributed by atoms with E-state index >= 15 is 0 Å². The molecular formula is C7H12O4S. The quantitative estimate of drug-likeness (QED) is 0.590. The minimum Gasteiger partial charge on any atom is -0.469 e. The molecule has 0 unspecified atom stereocenters. The molecule has 0 N–H and O–H groups in total. The van der Waals surface area contributed by atoms with Crippen molar-refractivity contribution in [2.45, 2.75) is 12.8 Å². The van der Waals surface area contributed by atoms with Crippen molar-refractivity contribution in [1.29, 1.82) is 0 Å². The van der Waals surface area contributed by atoms with Gasteiger partial charge in [0.2, 0.25) is 0 Å². The Balaban J connectivity index is 2.69.